The fourth-order valence-electron chi connectivity index (χ4n) is 2.82. The van der Waals surface area contributed by atoms with Gasteiger partial charge in [-0.05, 0) is 44.0 Å². The normalized spacial score (nSPS) is 23.5. The van der Waals surface area contributed by atoms with Crippen molar-refractivity contribution < 1.29 is 9.59 Å². The first kappa shape index (κ1) is 19.7. The fraction of sp³-hybridized carbons (Fsp3) is 0.500. The van der Waals surface area contributed by atoms with Crippen molar-refractivity contribution in [3.05, 3.63) is 29.3 Å². The van der Waals surface area contributed by atoms with Crippen LogP contribution in [-0.2, 0) is 9.59 Å². The smallest absolute Gasteiger partial charge is 0.243 e. The summed E-state index contributed by atoms with van der Waals surface area (Å²) < 4.78 is 0. The van der Waals surface area contributed by atoms with E-state index in [0.717, 1.165) is 25.7 Å². The van der Waals surface area contributed by atoms with Crippen molar-refractivity contribution in [3.63, 3.8) is 0 Å². The molecule has 0 aromatic heterocycles. The molecule has 4 N–H and O–H groups in total. The first-order valence-electron chi connectivity index (χ1n) is 7.50. The maximum atomic E-state index is 12.2. The molecule has 2 atom stereocenters. The van der Waals surface area contributed by atoms with Crippen LogP contribution < -0.4 is 16.4 Å². The highest BCUT2D eigenvalue weighted by atomic mass is 35.5. The lowest BCUT2D eigenvalue weighted by molar-refractivity contribution is -0.130. The Morgan fingerprint density at radius 3 is 2.57 bits per heavy atom. The molecule has 128 valence electrons. The minimum Gasteiger partial charge on any atom is -0.347 e. The van der Waals surface area contributed by atoms with Crippen molar-refractivity contribution >= 4 is 41.5 Å². The van der Waals surface area contributed by atoms with Gasteiger partial charge >= 0.3 is 0 Å². The van der Waals surface area contributed by atoms with E-state index in [1.54, 1.807) is 24.3 Å². The van der Waals surface area contributed by atoms with Crippen LogP contribution in [0.2, 0.25) is 5.02 Å². The first-order valence-corrected chi connectivity index (χ1v) is 7.88. The maximum absolute atomic E-state index is 12.2. The van der Waals surface area contributed by atoms with E-state index in [-0.39, 0.29) is 36.7 Å². The average Bonchev–Trinajstić information content (AvgIpc) is 2.47. The van der Waals surface area contributed by atoms with Crippen LogP contribution in [0.3, 0.4) is 0 Å². The zero-order chi connectivity index (χ0) is 16.2. The summed E-state index contributed by atoms with van der Waals surface area (Å²) in [6.45, 7) is 1.85. The van der Waals surface area contributed by atoms with E-state index in [0.29, 0.717) is 10.7 Å². The molecule has 1 fully saturated rings. The quantitative estimate of drug-likeness (QED) is 0.772. The molecular weight excluding hydrogens is 337 g/mol. The van der Waals surface area contributed by atoms with Gasteiger partial charge in [0.15, 0.2) is 0 Å². The van der Waals surface area contributed by atoms with Crippen molar-refractivity contribution in [2.75, 3.05) is 11.9 Å². The Bertz CT molecular complexity index is 547. The van der Waals surface area contributed by atoms with Gasteiger partial charge in [-0.2, -0.15) is 0 Å². The molecule has 5 nitrogen and oxygen atoms in total. The molecule has 2 amide bonds. The highest BCUT2D eigenvalue weighted by molar-refractivity contribution is 6.30. The zero-order valence-electron chi connectivity index (χ0n) is 13.1. The third-order valence-corrected chi connectivity index (χ3v) is 4.37. The van der Waals surface area contributed by atoms with Gasteiger partial charge in [0.2, 0.25) is 11.8 Å². The summed E-state index contributed by atoms with van der Waals surface area (Å²) in [4.78, 5) is 24.1. The molecule has 0 spiro atoms. The predicted molar refractivity (Wildman–Crippen MR) is 94.9 cm³/mol. The van der Waals surface area contributed by atoms with Gasteiger partial charge in [0.25, 0.3) is 0 Å². The molecule has 1 aliphatic rings. The second kappa shape index (κ2) is 8.52. The molecule has 1 aliphatic carbocycles. The van der Waals surface area contributed by atoms with Crippen molar-refractivity contribution in [1.29, 1.82) is 0 Å². The van der Waals surface area contributed by atoms with Crippen LogP contribution in [0.5, 0.6) is 0 Å². The summed E-state index contributed by atoms with van der Waals surface area (Å²) in [6.07, 6.45) is 3.66. The Kier molecular flexibility index (Phi) is 7.32. The Morgan fingerprint density at radius 1 is 1.30 bits per heavy atom. The van der Waals surface area contributed by atoms with Crippen LogP contribution >= 0.6 is 24.0 Å². The summed E-state index contributed by atoms with van der Waals surface area (Å²) in [7, 11) is 0. The third-order valence-electron chi connectivity index (χ3n) is 4.12. The molecule has 7 heteroatoms. The Morgan fingerprint density at radius 2 is 1.96 bits per heavy atom. The summed E-state index contributed by atoms with van der Waals surface area (Å²) >= 11 is 5.78. The largest absolute Gasteiger partial charge is 0.347 e. The molecule has 2 rings (SSSR count). The second-order valence-corrected chi connectivity index (χ2v) is 6.51. The van der Waals surface area contributed by atoms with Crippen LogP contribution in [0.15, 0.2) is 24.3 Å². The van der Waals surface area contributed by atoms with E-state index in [1.165, 1.54) is 0 Å². The van der Waals surface area contributed by atoms with Crippen molar-refractivity contribution in [2.45, 2.75) is 38.1 Å². The summed E-state index contributed by atoms with van der Waals surface area (Å²) in [5.74, 6) is -0.647. The van der Waals surface area contributed by atoms with E-state index in [4.69, 9.17) is 17.3 Å². The topological polar surface area (TPSA) is 84.2 Å². The number of benzene rings is 1. The highest BCUT2D eigenvalue weighted by Gasteiger charge is 2.37. The summed E-state index contributed by atoms with van der Waals surface area (Å²) in [5, 5.41) is 5.99. The van der Waals surface area contributed by atoms with Crippen LogP contribution in [0.25, 0.3) is 0 Å². The van der Waals surface area contributed by atoms with Gasteiger partial charge in [0.05, 0.1) is 12.5 Å². The molecule has 1 aromatic rings. The highest BCUT2D eigenvalue weighted by Crippen LogP contribution is 2.31. The maximum Gasteiger partial charge on any atom is 0.243 e. The lowest BCUT2D eigenvalue weighted by Crippen LogP contribution is -2.53. The van der Waals surface area contributed by atoms with Gasteiger partial charge in [-0.1, -0.05) is 24.4 Å². The average molecular weight is 360 g/mol. The van der Waals surface area contributed by atoms with Gasteiger partial charge in [-0.3, -0.25) is 9.59 Å². The number of anilines is 1. The number of halogens is 2. The predicted octanol–water partition coefficient (Wildman–Crippen LogP) is 2.72. The number of carbonyl (C=O) groups is 2. The van der Waals surface area contributed by atoms with Crippen molar-refractivity contribution in [3.8, 4) is 0 Å². The molecule has 0 saturated heterocycles. The molecule has 0 heterocycles. The lowest BCUT2D eigenvalue weighted by atomic mass is 9.74. The van der Waals surface area contributed by atoms with E-state index in [1.807, 2.05) is 6.92 Å². The minimum atomic E-state index is -0.491. The second-order valence-electron chi connectivity index (χ2n) is 6.08. The Hall–Kier alpha value is -1.30. The van der Waals surface area contributed by atoms with E-state index in [9.17, 15) is 9.59 Å². The first-order chi connectivity index (χ1) is 10.4. The number of carbonyl (C=O) groups excluding carboxylic acids is 2. The monoisotopic (exact) mass is 359 g/mol. The summed E-state index contributed by atoms with van der Waals surface area (Å²) in [5.41, 5.74) is 6.35. The van der Waals surface area contributed by atoms with Gasteiger partial charge in [0, 0.05) is 16.2 Å². The van der Waals surface area contributed by atoms with Crippen LogP contribution in [-0.4, -0.2) is 23.9 Å². The molecule has 2 unspecified atom stereocenters. The molecular formula is C16H23Cl2N3O2. The summed E-state index contributed by atoms with van der Waals surface area (Å²) in [6, 6.07) is 6.80. The fourth-order valence-corrected chi connectivity index (χ4v) is 2.94. The van der Waals surface area contributed by atoms with E-state index >= 15 is 0 Å². The lowest BCUT2D eigenvalue weighted by Gasteiger charge is -2.37. The van der Waals surface area contributed by atoms with Crippen LogP contribution in [0, 0.1) is 5.92 Å². The number of rotatable bonds is 4. The third kappa shape index (κ3) is 5.68. The number of nitrogens with one attached hydrogen (secondary N) is 2. The SMILES string of the molecule is CC1(N)CCCCC1C(=O)NCC(=O)Nc1ccc(Cl)cc1.Cl. The minimum absolute atomic E-state index is 0. The standard InChI is InChI=1S/C16H22ClN3O2.ClH/c1-16(18)9-3-2-4-13(16)15(22)19-10-14(21)20-12-7-5-11(17)6-8-12;/h5-8,13H,2-4,9-10,18H2,1H3,(H,19,22)(H,20,21);1H. The van der Waals surface area contributed by atoms with E-state index < -0.39 is 5.54 Å². The molecule has 23 heavy (non-hydrogen) atoms. The van der Waals surface area contributed by atoms with Crippen LogP contribution in [0.1, 0.15) is 32.6 Å². The van der Waals surface area contributed by atoms with Crippen molar-refractivity contribution in [1.82, 2.24) is 5.32 Å². The Balaban J connectivity index is 0.00000264. The molecule has 0 aliphatic heterocycles. The van der Waals surface area contributed by atoms with Crippen molar-refractivity contribution in [2.24, 2.45) is 11.7 Å². The molecule has 0 bridgehead atoms. The van der Waals surface area contributed by atoms with Gasteiger partial charge in [-0.25, -0.2) is 0 Å². The van der Waals surface area contributed by atoms with Gasteiger partial charge in [-0.15, -0.1) is 12.4 Å². The Labute approximate surface area is 147 Å². The molecule has 1 saturated carbocycles. The van der Waals surface area contributed by atoms with Gasteiger partial charge < -0.3 is 16.4 Å². The number of amides is 2. The zero-order valence-corrected chi connectivity index (χ0v) is 14.7. The molecule has 1 aromatic carbocycles. The number of hydrogen-bond donors (Lipinski definition) is 3. The number of hydrogen-bond acceptors (Lipinski definition) is 3. The molecule has 0 radical (unpaired) electrons. The van der Waals surface area contributed by atoms with Gasteiger partial charge in [0.1, 0.15) is 0 Å². The van der Waals surface area contributed by atoms with Crippen LogP contribution in [0.4, 0.5) is 5.69 Å². The number of nitrogens with two attached hydrogens (primary N) is 1. The van der Waals surface area contributed by atoms with E-state index in [2.05, 4.69) is 10.6 Å².